The first-order valence-corrected chi connectivity index (χ1v) is 9.54. The molecule has 4 nitrogen and oxygen atoms in total. The smallest absolute Gasteiger partial charge is 0.244 e. The number of nitrogens with zero attached hydrogens (tertiary/aromatic N) is 2. The third-order valence-electron chi connectivity index (χ3n) is 4.53. The molecule has 1 atom stereocenters. The number of halogens is 1. The lowest BCUT2D eigenvalue weighted by Gasteiger charge is -2.16. The number of amides is 1. The maximum atomic E-state index is 12.7. The highest BCUT2D eigenvalue weighted by atomic mass is 35.5. The van der Waals surface area contributed by atoms with E-state index in [2.05, 4.69) is 12.2 Å². The van der Waals surface area contributed by atoms with Crippen LogP contribution >= 0.6 is 11.6 Å². The number of benzene rings is 2. The average molecular weight is 370 g/mol. The number of rotatable bonds is 7. The van der Waals surface area contributed by atoms with Gasteiger partial charge in [-0.25, -0.2) is 0 Å². The van der Waals surface area contributed by atoms with Gasteiger partial charge in [-0.1, -0.05) is 62.2 Å². The Labute approximate surface area is 159 Å². The number of fused-ring (bicyclic) bond motifs is 1. The number of unbranched alkanes of at least 4 members (excludes halogenated alkanes) is 1. The molecule has 1 unspecified atom stereocenters. The van der Waals surface area contributed by atoms with Crippen LogP contribution < -0.4 is 5.32 Å². The maximum absolute atomic E-state index is 12.7. The maximum Gasteiger partial charge on any atom is 0.244 e. The van der Waals surface area contributed by atoms with Crippen molar-refractivity contribution in [2.24, 2.45) is 0 Å². The Bertz CT molecular complexity index is 889. The topological polar surface area (TPSA) is 46.9 Å². The number of hydrogen-bond donors (Lipinski definition) is 1. The van der Waals surface area contributed by atoms with Crippen molar-refractivity contribution in [1.82, 2.24) is 15.1 Å². The highest BCUT2D eigenvalue weighted by molar-refractivity contribution is 6.31. The van der Waals surface area contributed by atoms with Crippen molar-refractivity contribution < 1.29 is 4.79 Å². The van der Waals surface area contributed by atoms with Gasteiger partial charge in [0.15, 0.2) is 0 Å². The fraction of sp³-hybridized carbons (Fsp3) is 0.333. The third kappa shape index (κ3) is 3.75. The molecule has 0 fully saturated rings. The van der Waals surface area contributed by atoms with Gasteiger partial charge >= 0.3 is 0 Å². The van der Waals surface area contributed by atoms with Gasteiger partial charge in [-0.05, 0) is 31.0 Å². The molecule has 2 aromatic carbocycles. The second-order valence-corrected chi connectivity index (χ2v) is 6.83. The van der Waals surface area contributed by atoms with Crippen molar-refractivity contribution in [3.63, 3.8) is 0 Å². The summed E-state index contributed by atoms with van der Waals surface area (Å²) in [6, 6.07) is 15.4. The SMILES string of the molecule is CCCCNC(=O)C(CC)n1nc(-c2ccccc2)c2cc(Cl)ccc21. The van der Waals surface area contributed by atoms with Gasteiger partial charge in [0.05, 0.1) is 5.52 Å². The van der Waals surface area contributed by atoms with E-state index in [0.29, 0.717) is 18.0 Å². The molecule has 0 bridgehead atoms. The lowest BCUT2D eigenvalue weighted by atomic mass is 10.1. The normalized spacial score (nSPS) is 12.3. The summed E-state index contributed by atoms with van der Waals surface area (Å²) in [6.45, 7) is 4.82. The summed E-state index contributed by atoms with van der Waals surface area (Å²) in [5.41, 5.74) is 2.79. The molecule has 0 saturated carbocycles. The Kier molecular flexibility index (Phi) is 5.94. The third-order valence-corrected chi connectivity index (χ3v) is 4.76. The zero-order valence-electron chi connectivity index (χ0n) is 15.2. The standard InChI is InChI=1S/C21H24ClN3O/c1-3-5-13-23-21(26)18(4-2)25-19-12-11-16(22)14-17(19)20(24-25)15-9-7-6-8-10-15/h6-12,14,18H,3-5,13H2,1-2H3,(H,23,26). The van der Waals surface area contributed by atoms with E-state index in [1.165, 1.54) is 0 Å². The highest BCUT2D eigenvalue weighted by Gasteiger charge is 2.23. The van der Waals surface area contributed by atoms with Crippen LogP contribution in [0.15, 0.2) is 48.5 Å². The molecule has 1 heterocycles. The Morgan fingerprint density at radius 1 is 1.19 bits per heavy atom. The minimum absolute atomic E-state index is 0.0138. The first-order valence-electron chi connectivity index (χ1n) is 9.16. The quantitative estimate of drug-likeness (QED) is 0.580. The Morgan fingerprint density at radius 2 is 1.96 bits per heavy atom. The summed E-state index contributed by atoms with van der Waals surface area (Å²) in [4.78, 5) is 12.7. The van der Waals surface area contributed by atoms with Crippen LogP contribution in [0.4, 0.5) is 0 Å². The first-order chi connectivity index (χ1) is 12.7. The van der Waals surface area contributed by atoms with Crippen LogP contribution in [0.1, 0.15) is 39.2 Å². The molecule has 0 aliphatic rings. The molecule has 1 N–H and O–H groups in total. The van der Waals surface area contributed by atoms with Crippen molar-refractivity contribution in [1.29, 1.82) is 0 Å². The molecule has 1 amide bonds. The second kappa shape index (κ2) is 8.37. The number of hydrogen-bond acceptors (Lipinski definition) is 2. The van der Waals surface area contributed by atoms with Crippen LogP contribution in [0.2, 0.25) is 5.02 Å². The van der Waals surface area contributed by atoms with Gasteiger partial charge in [0.2, 0.25) is 5.91 Å². The molecular weight excluding hydrogens is 346 g/mol. The summed E-state index contributed by atoms with van der Waals surface area (Å²) in [5.74, 6) is 0.0138. The summed E-state index contributed by atoms with van der Waals surface area (Å²) in [6.07, 6.45) is 2.71. The molecule has 3 rings (SSSR count). The van der Waals surface area contributed by atoms with Gasteiger partial charge in [-0.15, -0.1) is 0 Å². The van der Waals surface area contributed by atoms with E-state index in [0.717, 1.165) is 35.0 Å². The molecule has 5 heteroatoms. The molecule has 26 heavy (non-hydrogen) atoms. The summed E-state index contributed by atoms with van der Waals surface area (Å²) in [7, 11) is 0. The van der Waals surface area contributed by atoms with E-state index in [-0.39, 0.29) is 11.9 Å². The van der Waals surface area contributed by atoms with E-state index in [4.69, 9.17) is 16.7 Å². The van der Waals surface area contributed by atoms with Crippen molar-refractivity contribution in [3.8, 4) is 11.3 Å². The molecule has 1 aromatic heterocycles. The zero-order chi connectivity index (χ0) is 18.5. The monoisotopic (exact) mass is 369 g/mol. The summed E-state index contributed by atoms with van der Waals surface area (Å²) < 4.78 is 1.84. The van der Waals surface area contributed by atoms with Gasteiger partial charge in [0, 0.05) is 22.5 Å². The van der Waals surface area contributed by atoms with Crippen LogP contribution in [0, 0.1) is 0 Å². The fourth-order valence-electron chi connectivity index (χ4n) is 3.14. The van der Waals surface area contributed by atoms with Crippen LogP contribution in [-0.4, -0.2) is 22.2 Å². The van der Waals surface area contributed by atoms with Crippen molar-refractivity contribution in [2.75, 3.05) is 6.54 Å². The van der Waals surface area contributed by atoms with Gasteiger partial charge in [0.25, 0.3) is 0 Å². The predicted molar refractivity (Wildman–Crippen MR) is 107 cm³/mol. The minimum atomic E-state index is -0.340. The second-order valence-electron chi connectivity index (χ2n) is 6.39. The Morgan fingerprint density at radius 3 is 2.65 bits per heavy atom. The lowest BCUT2D eigenvalue weighted by Crippen LogP contribution is -2.33. The van der Waals surface area contributed by atoms with E-state index < -0.39 is 0 Å². The highest BCUT2D eigenvalue weighted by Crippen LogP contribution is 2.32. The van der Waals surface area contributed by atoms with Crippen LogP contribution in [0.5, 0.6) is 0 Å². The summed E-state index contributed by atoms with van der Waals surface area (Å²) >= 11 is 6.23. The van der Waals surface area contributed by atoms with Gasteiger partial charge < -0.3 is 5.32 Å². The molecule has 0 aliphatic carbocycles. The average Bonchev–Trinajstić information content (AvgIpc) is 3.02. The predicted octanol–water partition coefficient (Wildman–Crippen LogP) is 5.22. The van der Waals surface area contributed by atoms with Crippen LogP contribution in [0.25, 0.3) is 22.2 Å². The molecule has 3 aromatic rings. The zero-order valence-corrected chi connectivity index (χ0v) is 16.0. The molecule has 0 spiro atoms. The number of aromatic nitrogens is 2. The van der Waals surface area contributed by atoms with Crippen LogP contribution in [-0.2, 0) is 4.79 Å². The van der Waals surface area contributed by atoms with E-state index in [1.807, 2.05) is 60.1 Å². The van der Waals surface area contributed by atoms with Crippen molar-refractivity contribution in [3.05, 3.63) is 53.6 Å². The van der Waals surface area contributed by atoms with E-state index >= 15 is 0 Å². The molecular formula is C21H24ClN3O. The number of nitrogens with one attached hydrogen (secondary N) is 1. The van der Waals surface area contributed by atoms with Gasteiger partial charge in [0.1, 0.15) is 11.7 Å². The van der Waals surface area contributed by atoms with E-state index in [1.54, 1.807) is 0 Å². The Balaban J connectivity index is 2.06. The summed E-state index contributed by atoms with van der Waals surface area (Å²) in [5, 5.41) is 9.47. The Hall–Kier alpha value is -2.33. The fourth-order valence-corrected chi connectivity index (χ4v) is 3.31. The first kappa shape index (κ1) is 18.5. The minimum Gasteiger partial charge on any atom is -0.354 e. The molecule has 0 saturated heterocycles. The van der Waals surface area contributed by atoms with Crippen molar-refractivity contribution >= 4 is 28.4 Å². The lowest BCUT2D eigenvalue weighted by molar-refractivity contribution is -0.124. The van der Waals surface area contributed by atoms with Gasteiger partial charge in [-0.2, -0.15) is 5.10 Å². The van der Waals surface area contributed by atoms with Gasteiger partial charge in [-0.3, -0.25) is 9.48 Å². The molecule has 0 radical (unpaired) electrons. The molecule has 136 valence electrons. The van der Waals surface area contributed by atoms with Crippen molar-refractivity contribution in [2.45, 2.75) is 39.2 Å². The largest absolute Gasteiger partial charge is 0.354 e. The van der Waals surface area contributed by atoms with Crippen LogP contribution in [0.3, 0.4) is 0 Å². The molecule has 0 aliphatic heterocycles. The van der Waals surface area contributed by atoms with E-state index in [9.17, 15) is 4.79 Å². The number of carbonyl (C=O) groups excluding carboxylic acids is 1. The number of carbonyl (C=O) groups is 1.